The summed E-state index contributed by atoms with van der Waals surface area (Å²) in [6.45, 7) is 6.33. The van der Waals surface area contributed by atoms with E-state index in [1.54, 1.807) is 23.1 Å². The molecule has 2 heterocycles. The van der Waals surface area contributed by atoms with Crippen molar-refractivity contribution in [2.24, 2.45) is 5.92 Å². The van der Waals surface area contributed by atoms with Crippen LogP contribution in [-0.4, -0.2) is 52.1 Å². The zero-order valence-corrected chi connectivity index (χ0v) is 20.9. The first-order chi connectivity index (χ1) is 16.6. The van der Waals surface area contributed by atoms with Gasteiger partial charge in [0, 0.05) is 19.2 Å². The fourth-order valence-electron chi connectivity index (χ4n) is 4.31. The van der Waals surface area contributed by atoms with Crippen LogP contribution >= 0.6 is 0 Å². The van der Waals surface area contributed by atoms with Gasteiger partial charge in [-0.2, -0.15) is 4.72 Å². The number of anilines is 1. The Balaban J connectivity index is 1.43. The first kappa shape index (κ1) is 25.0. The van der Waals surface area contributed by atoms with Crippen LogP contribution in [0, 0.1) is 5.92 Å². The monoisotopic (exact) mass is 501 g/mol. The lowest BCUT2D eigenvalue weighted by Gasteiger charge is -2.27. The molecule has 0 fully saturated rings. The summed E-state index contributed by atoms with van der Waals surface area (Å²) in [5.41, 5.74) is 1.52. The molecule has 10 heteroatoms. The third-order valence-corrected chi connectivity index (χ3v) is 7.50. The van der Waals surface area contributed by atoms with Crippen molar-refractivity contribution < 1.29 is 27.5 Å². The smallest absolute Gasteiger partial charge is 0.241 e. The van der Waals surface area contributed by atoms with E-state index in [9.17, 15) is 18.0 Å². The predicted molar refractivity (Wildman–Crippen MR) is 131 cm³/mol. The van der Waals surface area contributed by atoms with Crippen LogP contribution in [0.4, 0.5) is 5.69 Å². The number of hydrogen-bond donors (Lipinski definition) is 2. The number of ether oxygens (including phenoxy) is 2. The van der Waals surface area contributed by atoms with E-state index < -0.39 is 22.0 Å². The highest BCUT2D eigenvalue weighted by Gasteiger charge is 2.30. The lowest BCUT2D eigenvalue weighted by molar-refractivity contribution is -0.123. The average molecular weight is 502 g/mol. The van der Waals surface area contributed by atoms with Crippen molar-refractivity contribution >= 4 is 27.5 Å². The summed E-state index contributed by atoms with van der Waals surface area (Å²) < 4.78 is 40.5. The van der Waals surface area contributed by atoms with Gasteiger partial charge in [-0.1, -0.05) is 26.0 Å². The van der Waals surface area contributed by atoms with E-state index in [1.165, 1.54) is 13.0 Å². The van der Waals surface area contributed by atoms with Crippen molar-refractivity contribution in [1.29, 1.82) is 0 Å². The first-order valence-corrected chi connectivity index (χ1v) is 13.2. The Bertz CT molecular complexity index is 1210. The number of para-hydroxylation sites is 2. The number of rotatable bonds is 8. The summed E-state index contributed by atoms with van der Waals surface area (Å²) in [4.78, 5) is 26.5. The molecule has 188 valence electrons. The maximum Gasteiger partial charge on any atom is 0.241 e. The first-order valence-electron chi connectivity index (χ1n) is 11.7. The van der Waals surface area contributed by atoms with Crippen LogP contribution < -0.4 is 24.4 Å². The molecule has 0 bridgehead atoms. The second-order valence-corrected chi connectivity index (χ2v) is 11.0. The maximum atomic E-state index is 13.2. The van der Waals surface area contributed by atoms with Gasteiger partial charge in [0.1, 0.15) is 18.8 Å². The van der Waals surface area contributed by atoms with Gasteiger partial charge in [-0.05, 0) is 54.7 Å². The molecule has 0 spiro atoms. The van der Waals surface area contributed by atoms with E-state index in [0.717, 1.165) is 11.3 Å². The van der Waals surface area contributed by atoms with Crippen molar-refractivity contribution in [2.45, 2.75) is 50.7 Å². The highest BCUT2D eigenvalue weighted by Crippen LogP contribution is 2.31. The zero-order chi connectivity index (χ0) is 25.2. The number of carbonyl (C=O) groups is 2. The highest BCUT2D eigenvalue weighted by molar-refractivity contribution is 7.89. The van der Waals surface area contributed by atoms with Gasteiger partial charge in [0.05, 0.1) is 11.4 Å². The average Bonchev–Trinajstić information content (AvgIpc) is 3.25. The number of amides is 2. The van der Waals surface area contributed by atoms with Gasteiger partial charge < -0.3 is 19.7 Å². The number of sulfonamides is 1. The Morgan fingerprint density at radius 3 is 2.60 bits per heavy atom. The number of benzene rings is 2. The Kier molecular flexibility index (Phi) is 7.32. The molecule has 9 nitrogen and oxygen atoms in total. The molecule has 0 saturated carbocycles. The van der Waals surface area contributed by atoms with E-state index in [0.29, 0.717) is 30.9 Å². The normalized spacial score (nSPS) is 17.7. The molecule has 0 unspecified atom stereocenters. The summed E-state index contributed by atoms with van der Waals surface area (Å²) in [5.74, 6) is 0.841. The second kappa shape index (κ2) is 10.2. The summed E-state index contributed by atoms with van der Waals surface area (Å²) in [7, 11) is -3.96. The molecule has 0 aliphatic carbocycles. The minimum absolute atomic E-state index is 0.0730. The molecule has 2 aliphatic heterocycles. The molecule has 2 amide bonds. The van der Waals surface area contributed by atoms with Crippen LogP contribution in [0.25, 0.3) is 0 Å². The molecule has 0 saturated heterocycles. The molecule has 4 rings (SSSR count). The van der Waals surface area contributed by atoms with Gasteiger partial charge in [-0.15, -0.1) is 0 Å². The van der Waals surface area contributed by atoms with Crippen LogP contribution in [0.3, 0.4) is 0 Å². The van der Waals surface area contributed by atoms with Crippen LogP contribution in [0.5, 0.6) is 11.5 Å². The van der Waals surface area contributed by atoms with Crippen molar-refractivity contribution in [3.05, 3.63) is 48.0 Å². The van der Waals surface area contributed by atoms with Gasteiger partial charge in [0.15, 0.2) is 11.5 Å². The molecule has 0 aromatic heterocycles. The Hall–Kier alpha value is -3.11. The van der Waals surface area contributed by atoms with Gasteiger partial charge in [0.25, 0.3) is 0 Å². The molecule has 2 atom stereocenters. The molecule has 2 N–H and O–H groups in total. The topological polar surface area (TPSA) is 114 Å². The molecule has 2 aromatic rings. The molecule has 2 aromatic carbocycles. The second-order valence-electron chi connectivity index (χ2n) is 9.26. The summed E-state index contributed by atoms with van der Waals surface area (Å²) in [6.07, 6.45) is 0.533. The van der Waals surface area contributed by atoms with Crippen molar-refractivity contribution in [3.8, 4) is 11.5 Å². The minimum Gasteiger partial charge on any atom is -0.486 e. The van der Waals surface area contributed by atoms with E-state index in [-0.39, 0.29) is 36.0 Å². The number of hydrogen-bond acceptors (Lipinski definition) is 6. The number of nitrogens with one attached hydrogen (secondary N) is 2. The van der Waals surface area contributed by atoms with Crippen LogP contribution in [0.15, 0.2) is 47.4 Å². The zero-order valence-electron chi connectivity index (χ0n) is 20.1. The summed E-state index contributed by atoms with van der Waals surface area (Å²) >= 11 is 0. The van der Waals surface area contributed by atoms with E-state index in [4.69, 9.17) is 9.47 Å². The number of carbonyl (C=O) groups excluding carboxylic acids is 2. The van der Waals surface area contributed by atoms with Gasteiger partial charge in [-0.3, -0.25) is 9.59 Å². The van der Waals surface area contributed by atoms with Crippen molar-refractivity contribution in [1.82, 2.24) is 10.0 Å². The van der Waals surface area contributed by atoms with E-state index in [1.807, 2.05) is 32.0 Å². The lowest BCUT2D eigenvalue weighted by atomic mass is 10.0. The van der Waals surface area contributed by atoms with Crippen LogP contribution in [-0.2, 0) is 26.0 Å². The summed E-state index contributed by atoms with van der Waals surface area (Å²) in [5, 5.41) is 2.81. The van der Waals surface area contributed by atoms with E-state index >= 15 is 0 Å². The molecule has 35 heavy (non-hydrogen) atoms. The van der Waals surface area contributed by atoms with Gasteiger partial charge in [0.2, 0.25) is 21.8 Å². The van der Waals surface area contributed by atoms with Crippen LogP contribution in [0.1, 0.15) is 32.8 Å². The summed E-state index contributed by atoms with van der Waals surface area (Å²) in [6, 6.07) is 11.1. The standard InChI is InChI=1S/C25H31N3O6S/c1-16(2)12-21(25(30)26-14-19-15-33-23-6-4-5-7-24(23)34-19)27-35(31,32)20-8-9-22-18(13-20)10-11-28(22)17(3)29/h4-9,13,16,19,21,27H,10-12,14-15H2,1-3H3,(H,26,30)/t19-,21+/m0/s1. The quantitative estimate of drug-likeness (QED) is 0.574. The Labute approximate surface area is 205 Å². The molecule has 0 radical (unpaired) electrons. The van der Waals surface area contributed by atoms with Crippen molar-refractivity contribution in [3.63, 3.8) is 0 Å². The molecule has 2 aliphatic rings. The van der Waals surface area contributed by atoms with Gasteiger partial charge in [-0.25, -0.2) is 8.42 Å². The SMILES string of the molecule is CC(=O)N1CCc2cc(S(=O)(=O)N[C@H](CC(C)C)C(=O)NC[C@H]3COc4ccccc4O3)ccc21. The minimum atomic E-state index is -3.96. The largest absolute Gasteiger partial charge is 0.486 e. The van der Waals surface area contributed by atoms with Crippen LogP contribution in [0.2, 0.25) is 0 Å². The fraction of sp³-hybridized carbons (Fsp3) is 0.440. The molecular formula is C25H31N3O6S. The molecular weight excluding hydrogens is 470 g/mol. The predicted octanol–water partition coefficient (Wildman–Crippen LogP) is 2.24. The van der Waals surface area contributed by atoms with Gasteiger partial charge >= 0.3 is 0 Å². The highest BCUT2D eigenvalue weighted by atomic mass is 32.2. The van der Waals surface area contributed by atoms with E-state index in [2.05, 4.69) is 10.0 Å². The number of nitrogens with zero attached hydrogens (tertiary/aromatic N) is 1. The third-order valence-electron chi connectivity index (χ3n) is 6.03. The number of fused-ring (bicyclic) bond motifs is 2. The Morgan fingerprint density at radius 1 is 1.14 bits per heavy atom. The fourth-order valence-corrected chi connectivity index (χ4v) is 5.57. The Morgan fingerprint density at radius 2 is 1.89 bits per heavy atom. The third kappa shape index (κ3) is 5.76. The maximum absolute atomic E-state index is 13.2. The van der Waals surface area contributed by atoms with Crippen molar-refractivity contribution in [2.75, 3.05) is 24.6 Å². The lowest BCUT2D eigenvalue weighted by Crippen LogP contribution is -2.50.